The zero-order chi connectivity index (χ0) is 12.1. The van der Waals surface area contributed by atoms with Gasteiger partial charge in [0.1, 0.15) is 5.75 Å². The minimum absolute atomic E-state index is 0.0793. The van der Waals surface area contributed by atoms with Gasteiger partial charge in [-0.25, -0.2) is 0 Å². The maximum Gasteiger partial charge on any atom is 0.180 e. The number of hydrogen-bond donors (Lipinski definition) is 0. The minimum Gasteiger partial charge on any atom is -0.492 e. The van der Waals surface area contributed by atoms with E-state index in [1.54, 1.807) is 25.1 Å². The SMILES string of the molecule is CCCOc1ccc(C(=O)C(C)Cl)cc1Br. The molecule has 0 amide bonds. The lowest BCUT2D eigenvalue weighted by Gasteiger charge is -2.09. The summed E-state index contributed by atoms with van der Waals surface area (Å²) in [7, 11) is 0. The van der Waals surface area contributed by atoms with E-state index in [0.29, 0.717) is 12.2 Å². The lowest BCUT2D eigenvalue weighted by molar-refractivity contribution is 0.0991. The van der Waals surface area contributed by atoms with Crippen molar-refractivity contribution in [3.63, 3.8) is 0 Å². The first-order valence-electron chi connectivity index (χ1n) is 5.17. The zero-order valence-electron chi connectivity index (χ0n) is 9.30. The average molecular weight is 306 g/mol. The minimum atomic E-state index is -0.505. The number of Topliss-reactive ketones (excluding diaryl/α,β-unsaturated/α-hetero) is 1. The molecule has 0 aromatic heterocycles. The molecule has 1 aromatic carbocycles. The molecule has 2 nitrogen and oxygen atoms in total. The first-order valence-corrected chi connectivity index (χ1v) is 6.39. The lowest BCUT2D eigenvalue weighted by atomic mass is 10.1. The number of rotatable bonds is 5. The third-order valence-corrected chi connectivity index (χ3v) is 2.86. The van der Waals surface area contributed by atoms with Crippen LogP contribution < -0.4 is 4.74 Å². The van der Waals surface area contributed by atoms with Gasteiger partial charge >= 0.3 is 0 Å². The first-order chi connectivity index (χ1) is 7.56. The Morgan fingerprint density at radius 2 is 2.25 bits per heavy atom. The van der Waals surface area contributed by atoms with Crippen LogP contribution in [0.3, 0.4) is 0 Å². The van der Waals surface area contributed by atoms with Crippen molar-refractivity contribution in [3.8, 4) is 5.75 Å². The summed E-state index contributed by atoms with van der Waals surface area (Å²) in [6.45, 7) is 4.37. The molecule has 1 atom stereocenters. The molecule has 0 N–H and O–H groups in total. The van der Waals surface area contributed by atoms with Crippen LogP contribution in [0.5, 0.6) is 5.75 Å². The van der Waals surface area contributed by atoms with Crippen molar-refractivity contribution in [2.24, 2.45) is 0 Å². The highest BCUT2D eigenvalue weighted by Crippen LogP contribution is 2.27. The quantitative estimate of drug-likeness (QED) is 0.606. The van der Waals surface area contributed by atoms with Gasteiger partial charge in [-0.2, -0.15) is 0 Å². The molecule has 0 saturated carbocycles. The number of alkyl halides is 1. The summed E-state index contributed by atoms with van der Waals surface area (Å²) in [5, 5.41) is -0.505. The Morgan fingerprint density at radius 3 is 2.75 bits per heavy atom. The Balaban J connectivity index is 2.86. The summed E-state index contributed by atoms with van der Waals surface area (Å²) in [6, 6.07) is 5.26. The molecule has 0 aliphatic rings. The highest BCUT2D eigenvalue weighted by Gasteiger charge is 2.13. The largest absolute Gasteiger partial charge is 0.492 e. The molecule has 1 aromatic rings. The molecule has 0 aliphatic heterocycles. The van der Waals surface area contributed by atoms with Crippen LogP contribution in [0.15, 0.2) is 22.7 Å². The van der Waals surface area contributed by atoms with Crippen molar-refractivity contribution < 1.29 is 9.53 Å². The van der Waals surface area contributed by atoms with Gasteiger partial charge in [0.25, 0.3) is 0 Å². The lowest BCUT2D eigenvalue weighted by Crippen LogP contribution is -2.10. The molecule has 1 rings (SSSR count). The third-order valence-electron chi connectivity index (χ3n) is 2.04. The summed E-state index contributed by atoms with van der Waals surface area (Å²) >= 11 is 9.12. The van der Waals surface area contributed by atoms with Crippen LogP contribution in [-0.4, -0.2) is 17.8 Å². The van der Waals surface area contributed by atoms with E-state index in [-0.39, 0.29) is 5.78 Å². The summed E-state index contributed by atoms with van der Waals surface area (Å²) in [5.41, 5.74) is 0.596. The van der Waals surface area contributed by atoms with Crippen LogP contribution in [0.4, 0.5) is 0 Å². The maximum atomic E-state index is 11.6. The standard InChI is InChI=1S/C12H14BrClO2/c1-3-6-16-11-5-4-9(7-10(11)13)12(15)8(2)14/h4-5,7-8H,3,6H2,1-2H3. The first kappa shape index (κ1) is 13.5. The Labute approximate surface area is 109 Å². The van der Waals surface area contributed by atoms with E-state index in [4.69, 9.17) is 16.3 Å². The van der Waals surface area contributed by atoms with Gasteiger partial charge in [-0.05, 0) is 47.5 Å². The van der Waals surface area contributed by atoms with E-state index in [2.05, 4.69) is 15.9 Å². The average Bonchev–Trinajstić information content (AvgIpc) is 2.26. The van der Waals surface area contributed by atoms with Crippen LogP contribution in [0.25, 0.3) is 0 Å². The van der Waals surface area contributed by atoms with Crippen LogP contribution in [0.1, 0.15) is 30.6 Å². The van der Waals surface area contributed by atoms with E-state index in [1.807, 2.05) is 6.92 Å². The summed E-state index contributed by atoms with van der Waals surface area (Å²) in [6.07, 6.45) is 0.950. The van der Waals surface area contributed by atoms with Crippen molar-refractivity contribution in [1.29, 1.82) is 0 Å². The summed E-state index contributed by atoms with van der Waals surface area (Å²) < 4.78 is 6.27. The van der Waals surface area contributed by atoms with Crippen molar-refractivity contribution >= 4 is 33.3 Å². The van der Waals surface area contributed by atoms with Crippen molar-refractivity contribution in [1.82, 2.24) is 0 Å². The molecular weight excluding hydrogens is 291 g/mol. The molecule has 1 unspecified atom stereocenters. The molecule has 0 spiro atoms. The number of hydrogen-bond acceptors (Lipinski definition) is 2. The van der Waals surface area contributed by atoms with Gasteiger partial charge in [0, 0.05) is 5.56 Å². The molecule has 16 heavy (non-hydrogen) atoms. The van der Waals surface area contributed by atoms with Crippen LogP contribution in [-0.2, 0) is 0 Å². The normalized spacial score (nSPS) is 12.2. The molecule has 0 aliphatic carbocycles. The fourth-order valence-electron chi connectivity index (χ4n) is 1.21. The second-order valence-electron chi connectivity index (χ2n) is 3.47. The van der Waals surface area contributed by atoms with E-state index >= 15 is 0 Å². The predicted molar refractivity (Wildman–Crippen MR) is 69.6 cm³/mol. The van der Waals surface area contributed by atoms with Gasteiger partial charge in [-0.3, -0.25) is 4.79 Å². The Morgan fingerprint density at radius 1 is 1.56 bits per heavy atom. The van der Waals surface area contributed by atoms with E-state index < -0.39 is 5.38 Å². The molecule has 88 valence electrons. The Hall–Kier alpha value is -0.540. The van der Waals surface area contributed by atoms with Gasteiger partial charge in [-0.15, -0.1) is 11.6 Å². The summed E-state index contributed by atoms with van der Waals surface area (Å²) in [4.78, 5) is 11.6. The van der Waals surface area contributed by atoms with Gasteiger partial charge in [0.15, 0.2) is 5.78 Å². The molecular formula is C12H14BrClO2. The number of carbonyl (C=O) groups is 1. The summed E-state index contributed by atoms with van der Waals surface area (Å²) in [5.74, 6) is 0.671. The van der Waals surface area contributed by atoms with Gasteiger partial charge in [-0.1, -0.05) is 6.92 Å². The van der Waals surface area contributed by atoms with Crippen LogP contribution in [0, 0.1) is 0 Å². The molecule has 0 bridgehead atoms. The van der Waals surface area contributed by atoms with Crippen LogP contribution >= 0.6 is 27.5 Å². The number of benzene rings is 1. The number of carbonyl (C=O) groups excluding carboxylic acids is 1. The van der Waals surface area contributed by atoms with Crippen molar-refractivity contribution in [3.05, 3.63) is 28.2 Å². The zero-order valence-corrected chi connectivity index (χ0v) is 11.6. The van der Waals surface area contributed by atoms with Crippen LogP contribution in [0.2, 0.25) is 0 Å². The smallest absolute Gasteiger partial charge is 0.180 e. The second kappa shape index (κ2) is 6.26. The Kier molecular flexibility index (Phi) is 5.29. The second-order valence-corrected chi connectivity index (χ2v) is 4.98. The molecule has 0 radical (unpaired) electrons. The fourth-order valence-corrected chi connectivity index (χ4v) is 1.83. The monoisotopic (exact) mass is 304 g/mol. The van der Waals surface area contributed by atoms with E-state index in [9.17, 15) is 4.79 Å². The van der Waals surface area contributed by atoms with Gasteiger partial charge in [0.05, 0.1) is 16.5 Å². The molecule has 0 fully saturated rings. The molecule has 0 heterocycles. The molecule has 0 saturated heterocycles. The van der Waals surface area contributed by atoms with E-state index in [1.165, 1.54) is 0 Å². The van der Waals surface area contributed by atoms with E-state index in [0.717, 1.165) is 16.6 Å². The number of ketones is 1. The fraction of sp³-hybridized carbons (Fsp3) is 0.417. The Bertz CT molecular complexity index is 377. The maximum absolute atomic E-state index is 11.6. The van der Waals surface area contributed by atoms with Gasteiger partial charge in [0.2, 0.25) is 0 Å². The highest BCUT2D eigenvalue weighted by atomic mass is 79.9. The van der Waals surface area contributed by atoms with Gasteiger partial charge < -0.3 is 4.74 Å². The number of ether oxygens (including phenoxy) is 1. The topological polar surface area (TPSA) is 26.3 Å². The predicted octanol–water partition coefficient (Wildman–Crippen LogP) is 4.05. The third kappa shape index (κ3) is 3.49. The molecule has 4 heteroatoms. The number of halogens is 2. The highest BCUT2D eigenvalue weighted by molar-refractivity contribution is 9.10. The van der Waals surface area contributed by atoms with Crippen molar-refractivity contribution in [2.75, 3.05) is 6.61 Å². The van der Waals surface area contributed by atoms with Crippen molar-refractivity contribution in [2.45, 2.75) is 25.6 Å².